The predicted molar refractivity (Wildman–Crippen MR) is 67.9 cm³/mol. The maximum Gasteiger partial charge on any atom is 0.143 e. The molecule has 2 aromatic rings. The van der Waals surface area contributed by atoms with Crippen LogP contribution in [0.4, 0.5) is 10.1 Å². The number of hydrogen-bond donors (Lipinski definition) is 1. The van der Waals surface area contributed by atoms with Crippen molar-refractivity contribution >= 4 is 28.6 Å². The lowest BCUT2D eigenvalue weighted by Gasteiger charge is -2.06. The van der Waals surface area contributed by atoms with Gasteiger partial charge in [0.2, 0.25) is 0 Å². The Morgan fingerprint density at radius 3 is 2.88 bits per heavy atom. The Kier molecular flexibility index (Phi) is 3.80. The van der Waals surface area contributed by atoms with Crippen molar-refractivity contribution in [3.63, 3.8) is 0 Å². The minimum absolute atomic E-state index is 0.156. The van der Waals surface area contributed by atoms with E-state index < -0.39 is 0 Å². The van der Waals surface area contributed by atoms with Crippen LogP contribution >= 0.6 is 22.9 Å². The van der Waals surface area contributed by atoms with Gasteiger partial charge >= 0.3 is 0 Å². The van der Waals surface area contributed by atoms with Gasteiger partial charge in [0.25, 0.3) is 0 Å². The molecule has 0 unspecified atom stereocenters. The second kappa shape index (κ2) is 5.32. The zero-order valence-corrected chi connectivity index (χ0v) is 10.1. The van der Waals surface area contributed by atoms with Gasteiger partial charge in [-0.3, -0.25) is 0 Å². The van der Waals surface area contributed by atoms with Crippen molar-refractivity contribution in [2.24, 2.45) is 0 Å². The molecule has 0 spiro atoms. The van der Waals surface area contributed by atoms with E-state index in [1.54, 1.807) is 23.5 Å². The van der Waals surface area contributed by atoms with E-state index in [1.807, 2.05) is 0 Å². The third kappa shape index (κ3) is 2.97. The Morgan fingerprint density at radius 2 is 2.19 bits per heavy atom. The van der Waals surface area contributed by atoms with E-state index in [9.17, 15) is 4.39 Å². The molecule has 0 atom stereocenters. The number of thiophene rings is 1. The highest BCUT2D eigenvalue weighted by atomic mass is 35.5. The monoisotopic (exact) mass is 255 g/mol. The lowest BCUT2D eigenvalue weighted by molar-refractivity contribution is 0.628. The van der Waals surface area contributed by atoms with Crippen LogP contribution in [-0.4, -0.2) is 6.54 Å². The predicted octanol–water partition coefficient (Wildman–Crippen LogP) is 4.20. The molecule has 0 aliphatic heterocycles. The molecule has 0 saturated heterocycles. The number of hydrogen-bond acceptors (Lipinski definition) is 2. The molecule has 84 valence electrons. The van der Waals surface area contributed by atoms with Crippen LogP contribution in [0.5, 0.6) is 0 Å². The minimum Gasteiger partial charge on any atom is -0.385 e. The van der Waals surface area contributed by atoms with Gasteiger partial charge in [0.1, 0.15) is 5.82 Å². The van der Waals surface area contributed by atoms with E-state index in [2.05, 4.69) is 22.1 Å². The van der Waals surface area contributed by atoms with Gasteiger partial charge in [-0.2, -0.15) is 11.3 Å². The summed E-state index contributed by atoms with van der Waals surface area (Å²) in [4.78, 5) is 0. The number of benzene rings is 1. The van der Waals surface area contributed by atoms with Gasteiger partial charge in [0.15, 0.2) is 0 Å². The SMILES string of the molecule is Fc1cc(NCCc2ccsc2)ccc1Cl. The third-order valence-corrected chi connectivity index (χ3v) is 3.28. The van der Waals surface area contributed by atoms with Crippen LogP contribution in [0.1, 0.15) is 5.56 Å². The summed E-state index contributed by atoms with van der Waals surface area (Å²) in [5.41, 5.74) is 2.06. The summed E-state index contributed by atoms with van der Waals surface area (Å²) in [6, 6.07) is 6.84. The molecule has 4 heteroatoms. The molecule has 0 amide bonds. The summed E-state index contributed by atoms with van der Waals surface area (Å²) in [6.45, 7) is 0.789. The summed E-state index contributed by atoms with van der Waals surface area (Å²) < 4.78 is 13.1. The van der Waals surface area contributed by atoms with E-state index in [0.29, 0.717) is 0 Å². The molecular weight excluding hydrogens is 245 g/mol. The average Bonchev–Trinajstić information content (AvgIpc) is 2.76. The molecule has 0 radical (unpaired) electrons. The first-order valence-corrected chi connectivity index (χ1v) is 6.28. The number of halogens is 2. The van der Waals surface area contributed by atoms with E-state index in [-0.39, 0.29) is 10.8 Å². The Hall–Kier alpha value is -1.06. The molecule has 0 fully saturated rings. The molecule has 1 aromatic heterocycles. The topological polar surface area (TPSA) is 12.0 Å². The normalized spacial score (nSPS) is 10.4. The van der Waals surface area contributed by atoms with Gasteiger partial charge in [-0.1, -0.05) is 11.6 Å². The van der Waals surface area contributed by atoms with Crippen LogP contribution in [0.15, 0.2) is 35.0 Å². The summed E-state index contributed by atoms with van der Waals surface area (Å²) in [5, 5.41) is 7.48. The highest BCUT2D eigenvalue weighted by Crippen LogP contribution is 2.18. The Labute approximate surface area is 103 Å². The molecule has 0 aliphatic rings. The number of rotatable bonds is 4. The molecule has 1 nitrogen and oxygen atoms in total. The van der Waals surface area contributed by atoms with Crippen LogP contribution in [-0.2, 0) is 6.42 Å². The zero-order valence-electron chi connectivity index (χ0n) is 8.54. The van der Waals surface area contributed by atoms with Crippen LogP contribution in [0.2, 0.25) is 5.02 Å². The lowest BCUT2D eigenvalue weighted by atomic mass is 10.2. The molecule has 1 heterocycles. The summed E-state index contributed by atoms with van der Waals surface area (Å²) >= 11 is 7.28. The van der Waals surface area contributed by atoms with E-state index in [1.165, 1.54) is 11.6 Å². The fourth-order valence-electron chi connectivity index (χ4n) is 1.39. The van der Waals surface area contributed by atoms with Gasteiger partial charge in [-0.25, -0.2) is 4.39 Å². The van der Waals surface area contributed by atoms with Crippen LogP contribution in [0, 0.1) is 5.82 Å². The second-order valence-corrected chi connectivity index (χ2v) is 4.62. The first-order valence-electron chi connectivity index (χ1n) is 4.96. The van der Waals surface area contributed by atoms with Gasteiger partial charge < -0.3 is 5.32 Å². The van der Waals surface area contributed by atoms with Crippen molar-refractivity contribution in [1.29, 1.82) is 0 Å². The average molecular weight is 256 g/mol. The van der Waals surface area contributed by atoms with Crippen molar-refractivity contribution in [1.82, 2.24) is 0 Å². The van der Waals surface area contributed by atoms with Gasteiger partial charge in [-0.05, 0) is 47.0 Å². The number of nitrogens with one attached hydrogen (secondary N) is 1. The van der Waals surface area contributed by atoms with Crippen molar-refractivity contribution in [2.45, 2.75) is 6.42 Å². The van der Waals surface area contributed by atoms with Crippen molar-refractivity contribution in [3.05, 3.63) is 51.4 Å². The molecule has 0 aliphatic carbocycles. The molecule has 1 N–H and O–H groups in total. The first kappa shape index (κ1) is 11.4. The Balaban J connectivity index is 1.87. The maximum absolute atomic E-state index is 13.1. The molecule has 1 aromatic carbocycles. The molecule has 0 saturated carbocycles. The second-order valence-electron chi connectivity index (χ2n) is 3.44. The summed E-state index contributed by atoms with van der Waals surface area (Å²) in [6.07, 6.45) is 0.938. The van der Waals surface area contributed by atoms with E-state index >= 15 is 0 Å². The van der Waals surface area contributed by atoms with Crippen LogP contribution in [0.3, 0.4) is 0 Å². The Morgan fingerprint density at radius 1 is 1.31 bits per heavy atom. The maximum atomic E-state index is 13.1. The zero-order chi connectivity index (χ0) is 11.4. The van der Waals surface area contributed by atoms with Gasteiger partial charge in [0.05, 0.1) is 5.02 Å². The molecule has 16 heavy (non-hydrogen) atoms. The standard InChI is InChI=1S/C12H11ClFNS/c13-11-2-1-10(7-12(11)14)15-5-3-9-4-6-16-8-9/h1-2,4,6-8,15H,3,5H2. The summed E-state index contributed by atoms with van der Waals surface area (Å²) in [5.74, 6) is -0.387. The first-order chi connectivity index (χ1) is 7.75. The minimum atomic E-state index is -0.387. The van der Waals surface area contributed by atoms with Crippen molar-refractivity contribution in [3.8, 4) is 0 Å². The molecule has 2 rings (SSSR count). The quantitative estimate of drug-likeness (QED) is 0.864. The Bertz CT molecular complexity index is 456. The van der Waals surface area contributed by atoms with E-state index in [0.717, 1.165) is 18.7 Å². The highest BCUT2D eigenvalue weighted by molar-refractivity contribution is 7.07. The van der Waals surface area contributed by atoms with Gasteiger partial charge in [0, 0.05) is 12.2 Å². The molecular formula is C12H11ClFNS. The fourth-order valence-corrected chi connectivity index (χ4v) is 2.21. The van der Waals surface area contributed by atoms with Crippen molar-refractivity contribution in [2.75, 3.05) is 11.9 Å². The largest absolute Gasteiger partial charge is 0.385 e. The smallest absolute Gasteiger partial charge is 0.143 e. The van der Waals surface area contributed by atoms with E-state index in [4.69, 9.17) is 11.6 Å². The molecule has 0 bridgehead atoms. The fraction of sp³-hybridized carbons (Fsp3) is 0.167. The van der Waals surface area contributed by atoms with Gasteiger partial charge in [-0.15, -0.1) is 0 Å². The highest BCUT2D eigenvalue weighted by Gasteiger charge is 2.00. The van der Waals surface area contributed by atoms with Crippen LogP contribution in [0.25, 0.3) is 0 Å². The number of anilines is 1. The summed E-state index contributed by atoms with van der Waals surface area (Å²) in [7, 11) is 0. The van der Waals surface area contributed by atoms with Crippen molar-refractivity contribution < 1.29 is 4.39 Å². The lowest BCUT2D eigenvalue weighted by Crippen LogP contribution is -2.04. The third-order valence-electron chi connectivity index (χ3n) is 2.24. The van der Waals surface area contributed by atoms with Crippen LogP contribution < -0.4 is 5.32 Å².